The predicted octanol–water partition coefficient (Wildman–Crippen LogP) is 3.29. The fourth-order valence-electron chi connectivity index (χ4n) is 5.98. The number of hydrogen-bond donors (Lipinski definition) is 1. The standard InChI is InChI=1S/C25H30N6O/c32-20-2-1-19(15-20)31-14-8-25(17-31)6-12-30(13-7-25)24-21-5-11-27-16-22(21)28-23(29-24)18-3-9-26-10-4-18/h3-5,9-11,16,19-20,32H,1-2,6-8,12-15,17H2/t19-,20+/m1/s1. The van der Waals surface area contributed by atoms with Gasteiger partial charge in [-0.2, -0.15) is 0 Å². The van der Waals surface area contributed by atoms with E-state index in [0.29, 0.717) is 11.5 Å². The zero-order valence-corrected chi connectivity index (χ0v) is 18.4. The Morgan fingerprint density at radius 2 is 1.69 bits per heavy atom. The van der Waals surface area contributed by atoms with Crippen molar-refractivity contribution in [1.29, 1.82) is 0 Å². The van der Waals surface area contributed by atoms with Crippen LogP contribution in [0.25, 0.3) is 22.3 Å². The van der Waals surface area contributed by atoms with Crippen molar-refractivity contribution >= 4 is 16.7 Å². The summed E-state index contributed by atoms with van der Waals surface area (Å²) in [5.74, 6) is 1.75. The van der Waals surface area contributed by atoms with Crippen molar-refractivity contribution in [3.8, 4) is 11.4 Å². The second kappa shape index (κ2) is 8.05. The molecule has 1 N–H and O–H groups in total. The van der Waals surface area contributed by atoms with Crippen LogP contribution in [0.2, 0.25) is 0 Å². The van der Waals surface area contributed by atoms with Crippen molar-refractivity contribution in [3.05, 3.63) is 43.0 Å². The largest absolute Gasteiger partial charge is 0.393 e. The molecule has 166 valence electrons. The lowest BCUT2D eigenvalue weighted by Gasteiger charge is -2.40. The SMILES string of the molecule is O[C@H]1CC[C@@H](N2CCC3(CCN(c4nc(-c5ccncc5)nc5cnccc45)CC3)C2)C1. The molecular formula is C25H30N6O. The molecule has 0 bridgehead atoms. The number of aliphatic hydroxyl groups is 1. The average Bonchev–Trinajstić information content (AvgIpc) is 3.46. The van der Waals surface area contributed by atoms with Crippen LogP contribution in [0.1, 0.15) is 38.5 Å². The smallest absolute Gasteiger partial charge is 0.162 e. The van der Waals surface area contributed by atoms with Crippen LogP contribution < -0.4 is 4.90 Å². The van der Waals surface area contributed by atoms with Crippen molar-refractivity contribution in [2.24, 2.45) is 5.41 Å². The molecule has 0 amide bonds. The predicted molar refractivity (Wildman–Crippen MR) is 124 cm³/mol. The van der Waals surface area contributed by atoms with E-state index in [-0.39, 0.29) is 6.10 Å². The van der Waals surface area contributed by atoms with Crippen LogP contribution in [0.4, 0.5) is 5.82 Å². The Bertz CT molecular complexity index is 1100. The van der Waals surface area contributed by atoms with Crippen LogP contribution in [0.15, 0.2) is 43.0 Å². The molecule has 2 saturated heterocycles. The number of hydrogen-bond acceptors (Lipinski definition) is 7. The fourth-order valence-corrected chi connectivity index (χ4v) is 5.98. The number of pyridine rings is 2. The molecule has 6 rings (SSSR count). The van der Waals surface area contributed by atoms with Crippen molar-refractivity contribution < 1.29 is 5.11 Å². The normalized spacial score (nSPS) is 25.7. The number of aromatic nitrogens is 4. The zero-order valence-electron chi connectivity index (χ0n) is 18.4. The van der Waals surface area contributed by atoms with E-state index >= 15 is 0 Å². The third-order valence-electron chi connectivity index (χ3n) is 7.90. The molecule has 1 saturated carbocycles. The van der Waals surface area contributed by atoms with E-state index in [4.69, 9.17) is 9.97 Å². The molecule has 32 heavy (non-hydrogen) atoms. The van der Waals surface area contributed by atoms with Crippen molar-refractivity contribution in [1.82, 2.24) is 24.8 Å². The first-order chi connectivity index (χ1) is 15.7. The molecule has 3 aromatic rings. The first-order valence-electron chi connectivity index (χ1n) is 11.9. The summed E-state index contributed by atoms with van der Waals surface area (Å²) in [6.07, 6.45) is 13.9. The molecule has 0 aromatic carbocycles. The maximum absolute atomic E-state index is 9.96. The van der Waals surface area contributed by atoms with Gasteiger partial charge in [0.25, 0.3) is 0 Å². The number of aliphatic hydroxyl groups excluding tert-OH is 1. The van der Waals surface area contributed by atoms with Crippen LogP contribution in [-0.2, 0) is 0 Å². The highest BCUT2D eigenvalue weighted by atomic mass is 16.3. The molecule has 1 aliphatic carbocycles. The lowest BCUT2D eigenvalue weighted by molar-refractivity contribution is 0.148. The van der Waals surface area contributed by atoms with Gasteiger partial charge in [0.1, 0.15) is 5.82 Å². The summed E-state index contributed by atoms with van der Waals surface area (Å²) in [5.41, 5.74) is 2.28. The van der Waals surface area contributed by atoms with Crippen LogP contribution in [0, 0.1) is 5.41 Å². The van der Waals surface area contributed by atoms with Crippen LogP contribution in [0.3, 0.4) is 0 Å². The number of fused-ring (bicyclic) bond motifs is 1. The van der Waals surface area contributed by atoms with E-state index in [1.807, 2.05) is 30.6 Å². The third-order valence-corrected chi connectivity index (χ3v) is 7.90. The summed E-state index contributed by atoms with van der Waals surface area (Å²) in [4.78, 5) is 23.3. The maximum Gasteiger partial charge on any atom is 0.162 e. The summed E-state index contributed by atoms with van der Waals surface area (Å²) in [5, 5.41) is 11.0. The summed E-state index contributed by atoms with van der Waals surface area (Å²) in [6, 6.07) is 6.54. The van der Waals surface area contributed by atoms with Crippen LogP contribution in [-0.4, -0.2) is 68.3 Å². The van der Waals surface area contributed by atoms with Gasteiger partial charge in [0, 0.05) is 55.2 Å². The number of piperidine rings is 1. The molecule has 3 fully saturated rings. The molecule has 2 atom stereocenters. The highest BCUT2D eigenvalue weighted by molar-refractivity contribution is 5.90. The average molecular weight is 431 g/mol. The van der Waals surface area contributed by atoms with E-state index < -0.39 is 0 Å². The Labute approximate surface area is 188 Å². The lowest BCUT2D eigenvalue weighted by Crippen LogP contribution is -2.43. The Hall–Kier alpha value is -2.64. The Morgan fingerprint density at radius 3 is 2.47 bits per heavy atom. The van der Waals surface area contributed by atoms with Crippen LogP contribution >= 0.6 is 0 Å². The first kappa shape index (κ1) is 20.0. The first-order valence-corrected chi connectivity index (χ1v) is 11.9. The van der Waals surface area contributed by atoms with E-state index in [0.717, 1.165) is 60.5 Å². The number of rotatable bonds is 3. The minimum atomic E-state index is -0.0893. The van der Waals surface area contributed by atoms with Gasteiger partial charge in [-0.05, 0) is 68.7 Å². The molecule has 3 aromatic heterocycles. The molecule has 7 heteroatoms. The molecule has 2 aliphatic heterocycles. The summed E-state index contributed by atoms with van der Waals surface area (Å²) in [6.45, 7) is 4.41. The fraction of sp³-hybridized carbons (Fsp3) is 0.520. The van der Waals surface area contributed by atoms with Crippen molar-refractivity contribution in [3.63, 3.8) is 0 Å². The van der Waals surface area contributed by atoms with Gasteiger partial charge in [-0.1, -0.05) is 0 Å². The molecule has 3 aliphatic rings. The summed E-state index contributed by atoms with van der Waals surface area (Å²) >= 11 is 0. The molecule has 1 spiro atoms. The minimum absolute atomic E-state index is 0.0893. The second-order valence-electron chi connectivity index (χ2n) is 9.83. The van der Waals surface area contributed by atoms with Crippen molar-refractivity contribution in [2.45, 2.75) is 50.7 Å². The monoisotopic (exact) mass is 430 g/mol. The summed E-state index contributed by atoms with van der Waals surface area (Å²) < 4.78 is 0. The third kappa shape index (κ3) is 3.63. The zero-order chi connectivity index (χ0) is 21.5. The van der Waals surface area contributed by atoms with Gasteiger partial charge < -0.3 is 10.0 Å². The van der Waals surface area contributed by atoms with Gasteiger partial charge in [0.2, 0.25) is 0 Å². The second-order valence-corrected chi connectivity index (χ2v) is 9.83. The lowest BCUT2D eigenvalue weighted by atomic mass is 9.77. The van der Waals surface area contributed by atoms with Gasteiger partial charge in [-0.15, -0.1) is 0 Å². The Kier molecular flexibility index (Phi) is 5.03. The van der Waals surface area contributed by atoms with E-state index in [2.05, 4.69) is 19.8 Å². The van der Waals surface area contributed by atoms with Gasteiger partial charge in [0.15, 0.2) is 5.82 Å². The molecule has 0 unspecified atom stereocenters. The highest BCUT2D eigenvalue weighted by Gasteiger charge is 2.43. The van der Waals surface area contributed by atoms with Gasteiger partial charge in [-0.3, -0.25) is 14.9 Å². The van der Waals surface area contributed by atoms with Gasteiger partial charge >= 0.3 is 0 Å². The number of likely N-dealkylation sites (tertiary alicyclic amines) is 1. The number of nitrogens with zero attached hydrogens (tertiary/aromatic N) is 6. The van der Waals surface area contributed by atoms with Gasteiger partial charge in [-0.25, -0.2) is 9.97 Å². The van der Waals surface area contributed by atoms with Crippen molar-refractivity contribution in [2.75, 3.05) is 31.1 Å². The van der Waals surface area contributed by atoms with E-state index in [1.54, 1.807) is 12.4 Å². The Balaban J connectivity index is 1.23. The summed E-state index contributed by atoms with van der Waals surface area (Å²) in [7, 11) is 0. The molecule has 5 heterocycles. The minimum Gasteiger partial charge on any atom is -0.393 e. The highest BCUT2D eigenvalue weighted by Crippen LogP contribution is 2.44. The number of anilines is 1. The topological polar surface area (TPSA) is 78.3 Å². The van der Waals surface area contributed by atoms with E-state index in [9.17, 15) is 5.11 Å². The van der Waals surface area contributed by atoms with Gasteiger partial charge in [0.05, 0.1) is 17.8 Å². The molecular weight excluding hydrogens is 400 g/mol. The maximum atomic E-state index is 9.96. The quantitative estimate of drug-likeness (QED) is 0.683. The van der Waals surface area contributed by atoms with E-state index in [1.165, 1.54) is 32.4 Å². The van der Waals surface area contributed by atoms with Crippen LogP contribution in [0.5, 0.6) is 0 Å². The Morgan fingerprint density at radius 1 is 0.906 bits per heavy atom. The molecule has 0 radical (unpaired) electrons. The molecule has 7 nitrogen and oxygen atoms in total.